The van der Waals surface area contributed by atoms with Gasteiger partial charge in [0.05, 0.1) is 10.6 Å². The molecule has 94 valence electrons. The quantitative estimate of drug-likeness (QED) is 0.700. The molecule has 3 N–H and O–H groups in total. The molecule has 5 nitrogen and oxygen atoms in total. The Morgan fingerprint density at radius 2 is 1.88 bits per heavy atom. The van der Waals surface area contributed by atoms with E-state index in [2.05, 4.69) is 5.32 Å². The van der Waals surface area contributed by atoms with Gasteiger partial charge in [-0.2, -0.15) is 0 Å². The summed E-state index contributed by atoms with van der Waals surface area (Å²) in [5.74, 6) is -2.62. The third-order valence-corrected chi connectivity index (χ3v) is 3.12. The molecule has 1 heterocycles. The first-order chi connectivity index (χ1) is 7.64. The average Bonchev–Trinajstić information content (AvgIpc) is 2.14. The molecule has 1 atom stereocenters. The number of dihydropyridines is 1. The highest BCUT2D eigenvalue weighted by Gasteiger charge is 2.55. The molecule has 0 aromatic heterocycles. The third-order valence-electron chi connectivity index (χ3n) is 2.80. The van der Waals surface area contributed by atoms with Crippen LogP contribution in [-0.2, 0) is 9.59 Å². The molecule has 1 rings (SSSR count). The van der Waals surface area contributed by atoms with E-state index in [9.17, 15) is 19.8 Å². The lowest BCUT2D eigenvalue weighted by atomic mass is 9.68. The van der Waals surface area contributed by atoms with Crippen LogP contribution in [0, 0.1) is 5.41 Å². The second-order valence-corrected chi connectivity index (χ2v) is 5.22. The van der Waals surface area contributed by atoms with Gasteiger partial charge in [-0.25, -0.2) is 9.59 Å². The van der Waals surface area contributed by atoms with Crippen LogP contribution in [0.3, 0.4) is 0 Å². The van der Waals surface area contributed by atoms with Gasteiger partial charge >= 0.3 is 11.9 Å². The van der Waals surface area contributed by atoms with Gasteiger partial charge in [0.25, 0.3) is 0 Å². The number of hydrogen-bond donors (Lipinski definition) is 3. The summed E-state index contributed by atoms with van der Waals surface area (Å²) in [4.78, 5) is 22.8. The van der Waals surface area contributed by atoms with Crippen LogP contribution in [0.4, 0.5) is 0 Å². The van der Waals surface area contributed by atoms with Crippen molar-refractivity contribution in [2.24, 2.45) is 5.41 Å². The van der Waals surface area contributed by atoms with Crippen molar-refractivity contribution < 1.29 is 19.8 Å². The predicted octanol–water partition coefficient (Wildman–Crippen LogP) is 1.55. The Labute approximate surface area is 104 Å². The number of carboxylic acids is 2. The van der Waals surface area contributed by atoms with Crippen molar-refractivity contribution in [1.29, 1.82) is 0 Å². The first-order valence-corrected chi connectivity index (χ1v) is 5.33. The Kier molecular flexibility index (Phi) is 3.25. The fraction of sp³-hybridized carbons (Fsp3) is 0.455. The molecule has 0 bridgehead atoms. The molecule has 0 saturated carbocycles. The van der Waals surface area contributed by atoms with E-state index in [0.29, 0.717) is 0 Å². The fourth-order valence-electron chi connectivity index (χ4n) is 1.92. The monoisotopic (exact) mass is 259 g/mol. The molecule has 1 unspecified atom stereocenters. The standard InChI is InChI=1S/C11H14ClNO4/c1-10(2,3)11(9(16)17)7(8(14)15)6(12)4-5-13-11/h4-5,13H,1-3H3,(H,14,15)(H,16,17). The molecular weight excluding hydrogens is 246 g/mol. The zero-order valence-electron chi connectivity index (χ0n) is 9.74. The molecule has 0 aliphatic carbocycles. The van der Waals surface area contributed by atoms with Crippen molar-refractivity contribution in [3.8, 4) is 0 Å². The number of nitrogens with one attached hydrogen (secondary N) is 1. The van der Waals surface area contributed by atoms with E-state index in [1.54, 1.807) is 20.8 Å². The number of carboxylic acid groups (broad SMARTS) is 2. The largest absolute Gasteiger partial charge is 0.479 e. The molecule has 0 spiro atoms. The Hall–Kier alpha value is -1.49. The first kappa shape index (κ1) is 13.6. The number of hydrogen-bond acceptors (Lipinski definition) is 3. The normalized spacial score (nSPS) is 24.5. The fourth-order valence-corrected chi connectivity index (χ4v) is 2.20. The van der Waals surface area contributed by atoms with Crippen LogP contribution in [-0.4, -0.2) is 27.7 Å². The van der Waals surface area contributed by atoms with Crippen LogP contribution >= 0.6 is 11.6 Å². The second-order valence-electron chi connectivity index (χ2n) is 4.81. The van der Waals surface area contributed by atoms with E-state index in [4.69, 9.17) is 11.6 Å². The molecule has 1 aliphatic rings. The van der Waals surface area contributed by atoms with Gasteiger partial charge in [0.2, 0.25) is 0 Å². The topological polar surface area (TPSA) is 86.6 Å². The molecule has 6 heteroatoms. The minimum absolute atomic E-state index is 0.0754. The zero-order chi connectivity index (χ0) is 13.4. The summed E-state index contributed by atoms with van der Waals surface area (Å²) in [5.41, 5.74) is -2.95. The maximum absolute atomic E-state index is 11.5. The van der Waals surface area contributed by atoms with Crippen molar-refractivity contribution >= 4 is 23.5 Å². The van der Waals surface area contributed by atoms with Crippen molar-refractivity contribution in [3.05, 3.63) is 22.9 Å². The molecule has 0 aromatic carbocycles. The van der Waals surface area contributed by atoms with Crippen LogP contribution in [0.2, 0.25) is 0 Å². The van der Waals surface area contributed by atoms with E-state index in [-0.39, 0.29) is 10.6 Å². The molecule has 0 fully saturated rings. The van der Waals surface area contributed by atoms with Gasteiger partial charge in [-0.3, -0.25) is 0 Å². The molecular formula is C11H14ClNO4. The van der Waals surface area contributed by atoms with Crippen LogP contribution in [0.25, 0.3) is 0 Å². The van der Waals surface area contributed by atoms with Gasteiger partial charge in [0, 0.05) is 5.41 Å². The maximum atomic E-state index is 11.5. The maximum Gasteiger partial charge on any atom is 0.336 e. The first-order valence-electron chi connectivity index (χ1n) is 4.96. The Balaban J connectivity index is 3.58. The van der Waals surface area contributed by atoms with E-state index in [1.807, 2.05) is 0 Å². The number of rotatable bonds is 2. The highest BCUT2D eigenvalue weighted by atomic mass is 35.5. The summed E-state index contributed by atoms with van der Waals surface area (Å²) in [6, 6.07) is 0. The van der Waals surface area contributed by atoms with Crippen molar-refractivity contribution in [2.75, 3.05) is 0 Å². The van der Waals surface area contributed by atoms with Gasteiger partial charge < -0.3 is 15.5 Å². The number of aliphatic carboxylic acids is 2. The van der Waals surface area contributed by atoms with Crippen molar-refractivity contribution in [1.82, 2.24) is 5.32 Å². The second kappa shape index (κ2) is 4.07. The summed E-state index contributed by atoms with van der Waals surface area (Å²) >= 11 is 5.82. The number of allylic oxidation sites excluding steroid dienone is 2. The Morgan fingerprint density at radius 3 is 2.18 bits per heavy atom. The lowest BCUT2D eigenvalue weighted by Crippen LogP contribution is -2.62. The smallest absolute Gasteiger partial charge is 0.336 e. The SMILES string of the molecule is CC(C)(C)C1(C(=O)O)NC=CC(Cl)=C1C(=O)O. The van der Waals surface area contributed by atoms with E-state index >= 15 is 0 Å². The van der Waals surface area contributed by atoms with E-state index < -0.39 is 22.9 Å². The van der Waals surface area contributed by atoms with Gasteiger partial charge in [-0.15, -0.1) is 0 Å². The summed E-state index contributed by atoms with van der Waals surface area (Å²) in [6.07, 6.45) is 2.69. The van der Waals surface area contributed by atoms with Crippen molar-refractivity contribution in [2.45, 2.75) is 26.3 Å². The lowest BCUT2D eigenvalue weighted by Gasteiger charge is -2.43. The average molecular weight is 260 g/mol. The molecule has 17 heavy (non-hydrogen) atoms. The molecule has 0 saturated heterocycles. The third kappa shape index (κ3) is 1.91. The van der Waals surface area contributed by atoms with Gasteiger partial charge in [-0.05, 0) is 12.3 Å². The number of carbonyl (C=O) groups is 2. The highest BCUT2D eigenvalue weighted by molar-refractivity contribution is 6.34. The minimum Gasteiger partial charge on any atom is -0.479 e. The summed E-state index contributed by atoms with van der Waals surface area (Å²) in [5, 5.41) is 21.1. The predicted molar refractivity (Wildman–Crippen MR) is 62.6 cm³/mol. The lowest BCUT2D eigenvalue weighted by molar-refractivity contribution is -0.150. The van der Waals surface area contributed by atoms with Gasteiger partial charge in [0.1, 0.15) is 0 Å². The van der Waals surface area contributed by atoms with Crippen molar-refractivity contribution in [3.63, 3.8) is 0 Å². The Morgan fingerprint density at radius 1 is 1.35 bits per heavy atom. The zero-order valence-corrected chi connectivity index (χ0v) is 10.5. The van der Waals surface area contributed by atoms with Crippen LogP contribution in [0.15, 0.2) is 22.9 Å². The molecule has 0 aromatic rings. The Bertz CT molecular complexity index is 433. The van der Waals surface area contributed by atoms with E-state index in [1.165, 1.54) is 12.3 Å². The summed E-state index contributed by atoms with van der Waals surface area (Å²) in [7, 11) is 0. The van der Waals surface area contributed by atoms with E-state index in [0.717, 1.165) is 0 Å². The minimum atomic E-state index is -1.75. The van der Waals surface area contributed by atoms with Gasteiger partial charge in [-0.1, -0.05) is 32.4 Å². The summed E-state index contributed by atoms with van der Waals surface area (Å²) < 4.78 is 0. The van der Waals surface area contributed by atoms with Gasteiger partial charge in [0.15, 0.2) is 5.54 Å². The molecule has 1 aliphatic heterocycles. The van der Waals surface area contributed by atoms with Crippen LogP contribution < -0.4 is 5.32 Å². The number of halogens is 1. The molecule has 0 radical (unpaired) electrons. The van der Waals surface area contributed by atoms with Crippen LogP contribution in [0.1, 0.15) is 20.8 Å². The van der Waals surface area contributed by atoms with Crippen LogP contribution in [0.5, 0.6) is 0 Å². The summed E-state index contributed by atoms with van der Waals surface area (Å²) in [6.45, 7) is 4.92. The molecule has 0 amide bonds. The highest BCUT2D eigenvalue weighted by Crippen LogP contribution is 2.41.